The molecule has 0 saturated heterocycles. The Morgan fingerprint density at radius 2 is 2.35 bits per heavy atom. The molecule has 1 atom stereocenters. The molecule has 0 bridgehead atoms. The number of nitrogens with zero attached hydrogens (tertiary/aromatic N) is 2. The molecule has 2 aromatic rings. The molecule has 2 aromatic heterocycles. The van der Waals surface area contributed by atoms with E-state index in [2.05, 4.69) is 20.9 Å². The molecule has 90 valence electrons. The highest BCUT2D eigenvalue weighted by molar-refractivity contribution is 9.10. The normalized spacial score (nSPS) is 12.9. The van der Waals surface area contributed by atoms with Gasteiger partial charge in [0.05, 0.1) is 11.6 Å². The Hall–Kier alpha value is -1.40. The number of rotatable bonds is 3. The summed E-state index contributed by atoms with van der Waals surface area (Å²) in [5.41, 5.74) is 0.518. The molecule has 0 fully saturated rings. The van der Waals surface area contributed by atoms with Crippen LogP contribution < -0.4 is 0 Å². The van der Waals surface area contributed by atoms with E-state index in [1.807, 2.05) is 0 Å². The van der Waals surface area contributed by atoms with Crippen LogP contribution in [0.3, 0.4) is 0 Å². The summed E-state index contributed by atoms with van der Waals surface area (Å²) in [5, 5.41) is 18.4. The molecular weight excluding hydrogens is 288 g/mol. The zero-order valence-electron chi connectivity index (χ0n) is 9.09. The third-order valence-electron chi connectivity index (χ3n) is 2.36. The average molecular weight is 299 g/mol. The third kappa shape index (κ3) is 2.32. The lowest BCUT2D eigenvalue weighted by Gasteiger charge is -2.03. The SMILES string of the molecule is CC(O)Cc1nc(C(=O)O)c2cc(Br)ccn12. The molecule has 0 aliphatic rings. The molecule has 6 heteroatoms. The minimum absolute atomic E-state index is 0.00181. The molecule has 0 aliphatic carbocycles. The van der Waals surface area contributed by atoms with E-state index in [1.54, 1.807) is 29.7 Å². The first-order valence-corrected chi connectivity index (χ1v) is 5.86. The summed E-state index contributed by atoms with van der Waals surface area (Å²) in [5.74, 6) is -0.530. The van der Waals surface area contributed by atoms with Crippen molar-refractivity contribution in [1.82, 2.24) is 9.38 Å². The van der Waals surface area contributed by atoms with Crippen molar-refractivity contribution in [2.24, 2.45) is 0 Å². The van der Waals surface area contributed by atoms with Crippen molar-refractivity contribution in [2.45, 2.75) is 19.4 Å². The van der Waals surface area contributed by atoms with Gasteiger partial charge in [-0.05, 0) is 19.1 Å². The highest BCUT2D eigenvalue weighted by Crippen LogP contribution is 2.19. The van der Waals surface area contributed by atoms with Gasteiger partial charge in [-0.3, -0.25) is 0 Å². The second-order valence-corrected chi connectivity index (χ2v) is 4.75. The van der Waals surface area contributed by atoms with Gasteiger partial charge in [0.25, 0.3) is 0 Å². The molecule has 1 unspecified atom stereocenters. The number of aliphatic hydroxyl groups is 1. The lowest BCUT2D eigenvalue weighted by Crippen LogP contribution is -2.07. The van der Waals surface area contributed by atoms with Crippen LogP contribution in [0.2, 0.25) is 0 Å². The van der Waals surface area contributed by atoms with Gasteiger partial charge >= 0.3 is 5.97 Å². The summed E-state index contributed by atoms with van der Waals surface area (Å²) in [7, 11) is 0. The number of halogens is 1. The Balaban J connectivity index is 2.66. The number of aromatic carboxylic acids is 1. The first-order valence-electron chi connectivity index (χ1n) is 5.07. The van der Waals surface area contributed by atoms with Crippen molar-refractivity contribution < 1.29 is 15.0 Å². The second kappa shape index (κ2) is 4.46. The number of aliphatic hydroxyl groups excluding tert-OH is 1. The molecule has 0 aromatic carbocycles. The molecule has 0 amide bonds. The number of fused-ring (bicyclic) bond motifs is 1. The number of aromatic nitrogens is 2. The van der Waals surface area contributed by atoms with Crippen LogP contribution in [0, 0.1) is 0 Å². The van der Waals surface area contributed by atoms with Crippen LogP contribution in [-0.2, 0) is 6.42 Å². The van der Waals surface area contributed by atoms with Crippen LogP contribution in [-0.4, -0.2) is 31.7 Å². The molecule has 2 rings (SSSR count). The van der Waals surface area contributed by atoms with Gasteiger partial charge in [0.2, 0.25) is 0 Å². The fraction of sp³-hybridized carbons (Fsp3) is 0.273. The van der Waals surface area contributed by atoms with Gasteiger partial charge in [-0.25, -0.2) is 9.78 Å². The molecule has 2 heterocycles. The molecule has 0 saturated carbocycles. The number of hydrogen-bond donors (Lipinski definition) is 2. The molecule has 2 N–H and O–H groups in total. The van der Waals surface area contributed by atoms with Crippen molar-refractivity contribution in [3.05, 3.63) is 34.3 Å². The van der Waals surface area contributed by atoms with Crippen molar-refractivity contribution in [2.75, 3.05) is 0 Å². The van der Waals surface area contributed by atoms with Gasteiger partial charge in [-0.15, -0.1) is 0 Å². The van der Waals surface area contributed by atoms with Crippen LogP contribution in [0.1, 0.15) is 23.2 Å². The summed E-state index contributed by atoms with van der Waals surface area (Å²) in [6.45, 7) is 1.64. The largest absolute Gasteiger partial charge is 0.476 e. The summed E-state index contributed by atoms with van der Waals surface area (Å²) < 4.78 is 2.47. The first-order chi connectivity index (χ1) is 7.99. The quantitative estimate of drug-likeness (QED) is 0.905. The lowest BCUT2D eigenvalue weighted by molar-refractivity contribution is 0.0693. The van der Waals surface area contributed by atoms with E-state index in [0.29, 0.717) is 17.8 Å². The van der Waals surface area contributed by atoms with Crippen molar-refractivity contribution in [3.63, 3.8) is 0 Å². The van der Waals surface area contributed by atoms with Crippen molar-refractivity contribution in [1.29, 1.82) is 0 Å². The maximum Gasteiger partial charge on any atom is 0.356 e. The molecule has 17 heavy (non-hydrogen) atoms. The summed E-state index contributed by atoms with van der Waals surface area (Å²) in [6.07, 6.45) is 1.48. The number of carboxylic acids is 1. The van der Waals surface area contributed by atoms with Gasteiger partial charge in [-0.2, -0.15) is 0 Å². The Labute approximate surface area is 106 Å². The molecule has 0 spiro atoms. The Kier molecular flexibility index (Phi) is 3.17. The smallest absolute Gasteiger partial charge is 0.356 e. The van der Waals surface area contributed by atoms with E-state index in [0.717, 1.165) is 4.47 Å². The standard InChI is InChI=1S/C11H11BrN2O3/c1-6(15)4-9-13-10(11(16)17)8-5-7(12)2-3-14(8)9/h2-3,5-6,15H,4H2,1H3,(H,16,17). The number of carbonyl (C=O) groups is 1. The van der Waals surface area contributed by atoms with Gasteiger partial charge in [-0.1, -0.05) is 15.9 Å². The maximum absolute atomic E-state index is 11.1. The maximum atomic E-state index is 11.1. The number of imidazole rings is 1. The minimum Gasteiger partial charge on any atom is -0.476 e. The Bertz CT molecular complexity index is 577. The van der Waals surface area contributed by atoms with Gasteiger partial charge < -0.3 is 14.6 Å². The van der Waals surface area contributed by atoms with E-state index >= 15 is 0 Å². The summed E-state index contributed by atoms with van der Waals surface area (Å²) >= 11 is 3.29. The first kappa shape index (κ1) is 12.1. The topological polar surface area (TPSA) is 74.8 Å². The van der Waals surface area contributed by atoms with Crippen LogP contribution in [0.4, 0.5) is 0 Å². The van der Waals surface area contributed by atoms with Gasteiger partial charge in [0.1, 0.15) is 5.82 Å². The summed E-state index contributed by atoms with van der Waals surface area (Å²) in [4.78, 5) is 15.1. The van der Waals surface area contributed by atoms with Crippen molar-refractivity contribution in [3.8, 4) is 0 Å². The average Bonchev–Trinajstić information content (AvgIpc) is 2.55. The van der Waals surface area contributed by atoms with Crippen molar-refractivity contribution >= 4 is 27.4 Å². The predicted molar refractivity (Wildman–Crippen MR) is 65.2 cm³/mol. The Morgan fingerprint density at radius 3 is 2.94 bits per heavy atom. The van der Waals surface area contributed by atoms with Crippen LogP contribution in [0.25, 0.3) is 5.52 Å². The van der Waals surface area contributed by atoms with Gasteiger partial charge in [0.15, 0.2) is 5.69 Å². The highest BCUT2D eigenvalue weighted by atomic mass is 79.9. The van der Waals surface area contributed by atoms with E-state index in [1.165, 1.54) is 0 Å². The number of carboxylic acid groups (broad SMARTS) is 1. The second-order valence-electron chi connectivity index (χ2n) is 3.84. The fourth-order valence-corrected chi connectivity index (χ4v) is 2.02. The molecule has 0 aliphatic heterocycles. The lowest BCUT2D eigenvalue weighted by atomic mass is 10.3. The predicted octanol–water partition coefficient (Wildman–Crippen LogP) is 1.72. The number of pyridine rings is 1. The number of hydrogen-bond acceptors (Lipinski definition) is 3. The highest BCUT2D eigenvalue weighted by Gasteiger charge is 2.17. The monoisotopic (exact) mass is 298 g/mol. The van der Waals surface area contributed by atoms with Crippen LogP contribution in [0.5, 0.6) is 0 Å². The van der Waals surface area contributed by atoms with Crippen LogP contribution in [0.15, 0.2) is 22.8 Å². The molecule has 5 nitrogen and oxygen atoms in total. The molecule has 0 radical (unpaired) electrons. The zero-order chi connectivity index (χ0) is 12.6. The van der Waals surface area contributed by atoms with Gasteiger partial charge in [0, 0.05) is 17.1 Å². The zero-order valence-corrected chi connectivity index (χ0v) is 10.7. The van der Waals surface area contributed by atoms with E-state index in [9.17, 15) is 9.90 Å². The Morgan fingerprint density at radius 1 is 1.65 bits per heavy atom. The van der Waals surface area contributed by atoms with E-state index in [-0.39, 0.29) is 5.69 Å². The fourth-order valence-electron chi connectivity index (χ4n) is 1.69. The van der Waals surface area contributed by atoms with E-state index < -0.39 is 12.1 Å². The minimum atomic E-state index is -1.07. The third-order valence-corrected chi connectivity index (χ3v) is 2.85. The summed E-state index contributed by atoms with van der Waals surface area (Å²) in [6, 6.07) is 3.49. The van der Waals surface area contributed by atoms with Crippen LogP contribution >= 0.6 is 15.9 Å². The molecular formula is C11H11BrN2O3. The van der Waals surface area contributed by atoms with E-state index in [4.69, 9.17) is 5.11 Å².